The van der Waals surface area contributed by atoms with Crippen molar-refractivity contribution in [3.63, 3.8) is 0 Å². The fourth-order valence-corrected chi connectivity index (χ4v) is 4.96. The summed E-state index contributed by atoms with van der Waals surface area (Å²) >= 11 is 0. The van der Waals surface area contributed by atoms with Crippen LogP contribution < -0.4 is 5.46 Å². The number of aromatic nitrogens is 1. The summed E-state index contributed by atoms with van der Waals surface area (Å²) in [4.78, 5) is 16.2. The molecule has 0 aliphatic carbocycles. The zero-order chi connectivity index (χ0) is 22.1. The van der Waals surface area contributed by atoms with E-state index in [4.69, 9.17) is 10.0 Å². The Labute approximate surface area is 171 Å². The maximum Gasteiger partial charge on any atom is 0.491 e. The Morgan fingerprint density at radius 3 is 2.53 bits per heavy atom. The molecule has 1 saturated heterocycles. The molecular weight excluding hydrogens is 424 g/mol. The summed E-state index contributed by atoms with van der Waals surface area (Å²) in [6.45, 7) is -0.494. The molecule has 3 rings (SSSR count). The maximum absolute atomic E-state index is 14.0. The van der Waals surface area contributed by atoms with E-state index in [0.29, 0.717) is 0 Å². The lowest BCUT2D eigenvalue weighted by Crippen LogP contribution is -2.40. The predicted octanol–water partition coefficient (Wildman–Crippen LogP) is 0.343. The van der Waals surface area contributed by atoms with Crippen LogP contribution in [0.4, 0.5) is 13.2 Å². The Morgan fingerprint density at radius 2 is 1.90 bits per heavy atom. The second-order valence-electron chi connectivity index (χ2n) is 6.91. The van der Waals surface area contributed by atoms with Gasteiger partial charge in [0.25, 0.3) is 0 Å². The third-order valence-corrected chi connectivity index (χ3v) is 6.73. The van der Waals surface area contributed by atoms with Crippen molar-refractivity contribution in [1.29, 1.82) is 0 Å². The van der Waals surface area contributed by atoms with Crippen LogP contribution >= 0.6 is 0 Å². The summed E-state index contributed by atoms with van der Waals surface area (Å²) in [7, 11) is -6.27. The van der Waals surface area contributed by atoms with Gasteiger partial charge in [-0.1, -0.05) is 0 Å². The summed E-state index contributed by atoms with van der Waals surface area (Å²) in [5.74, 6) is -2.11. The number of sulfonamides is 1. The van der Waals surface area contributed by atoms with Crippen LogP contribution in [0.15, 0.2) is 41.4 Å². The topological polar surface area (TPSA) is 108 Å². The molecule has 1 fully saturated rings. The molecule has 2 N–H and O–H groups in total. The summed E-state index contributed by atoms with van der Waals surface area (Å²) in [5, 5.41) is 18.3. The van der Waals surface area contributed by atoms with Crippen molar-refractivity contribution < 1.29 is 36.4 Å². The summed E-state index contributed by atoms with van der Waals surface area (Å²) < 4.78 is 67.0. The van der Waals surface area contributed by atoms with Crippen molar-refractivity contribution in [1.82, 2.24) is 9.29 Å². The van der Waals surface area contributed by atoms with Gasteiger partial charge in [-0.15, -0.1) is 0 Å². The first kappa shape index (κ1) is 22.4. The number of halogens is 3. The third kappa shape index (κ3) is 4.72. The molecule has 1 aliphatic rings. The highest BCUT2D eigenvalue weighted by Crippen LogP contribution is 2.29. The van der Waals surface area contributed by atoms with Crippen LogP contribution in [0.5, 0.6) is 0 Å². The number of aryl methyl sites for hydroxylation is 1. The molecule has 0 radical (unpaired) electrons. The van der Waals surface area contributed by atoms with Crippen molar-refractivity contribution in [2.75, 3.05) is 6.54 Å². The largest absolute Gasteiger partial charge is 0.491 e. The number of hydrogen-bond acceptors (Lipinski definition) is 6. The number of pyridine rings is 1. The van der Waals surface area contributed by atoms with Crippen molar-refractivity contribution in [3.8, 4) is 0 Å². The number of hydrogen-bond donors (Lipinski definition) is 2. The lowest BCUT2D eigenvalue weighted by atomic mass is 9.80. The standard InChI is InChI=1S/C18H18BF3N2O5S/c20-11-1-4-14(5-2-11)30(28,29)24-10-12(21)7-17(24)18(25)6-3-13-8-15(19(26)27)16(22)9-23-13/h1-2,4-5,8-9,12,17,26-27H,3,6-7,10H2/t12-,17+/m1/s1. The van der Waals surface area contributed by atoms with Gasteiger partial charge in [0.1, 0.15) is 17.8 Å². The molecule has 2 aromatic rings. The minimum Gasteiger partial charge on any atom is -0.423 e. The molecule has 1 aromatic heterocycles. The zero-order valence-corrected chi connectivity index (χ0v) is 16.4. The number of carbonyl (C=O) groups is 1. The fourth-order valence-electron chi connectivity index (χ4n) is 3.31. The lowest BCUT2D eigenvalue weighted by Gasteiger charge is -2.22. The summed E-state index contributed by atoms with van der Waals surface area (Å²) in [6, 6.07) is 3.86. The number of rotatable bonds is 7. The van der Waals surface area contributed by atoms with E-state index in [0.717, 1.165) is 40.8 Å². The van der Waals surface area contributed by atoms with E-state index in [1.54, 1.807) is 0 Å². The normalized spacial score (nSPS) is 19.8. The van der Waals surface area contributed by atoms with Crippen molar-refractivity contribution in [2.24, 2.45) is 0 Å². The van der Waals surface area contributed by atoms with E-state index in [1.807, 2.05) is 0 Å². The molecule has 1 aromatic carbocycles. The molecule has 30 heavy (non-hydrogen) atoms. The average Bonchev–Trinajstić information content (AvgIpc) is 3.10. The first-order chi connectivity index (χ1) is 14.1. The van der Waals surface area contributed by atoms with Gasteiger partial charge in [0.2, 0.25) is 10.0 Å². The van der Waals surface area contributed by atoms with Crippen molar-refractivity contribution >= 4 is 28.4 Å². The first-order valence-electron chi connectivity index (χ1n) is 9.04. The predicted molar refractivity (Wildman–Crippen MR) is 101 cm³/mol. The molecule has 160 valence electrons. The van der Waals surface area contributed by atoms with Crippen LogP contribution in [0.2, 0.25) is 0 Å². The number of alkyl halides is 1. The fraction of sp³-hybridized carbons (Fsp3) is 0.333. The van der Waals surface area contributed by atoms with Gasteiger partial charge < -0.3 is 10.0 Å². The molecule has 7 nitrogen and oxygen atoms in total. The van der Waals surface area contributed by atoms with E-state index in [-0.39, 0.29) is 29.9 Å². The number of nitrogens with zero attached hydrogens (tertiary/aromatic N) is 2. The Morgan fingerprint density at radius 1 is 1.23 bits per heavy atom. The second-order valence-corrected chi connectivity index (χ2v) is 8.81. The molecule has 2 heterocycles. The molecule has 1 aliphatic heterocycles. The van der Waals surface area contributed by atoms with E-state index in [2.05, 4.69) is 4.98 Å². The van der Waals surface area contributed by atoms with Crippen LogP contribution in [0.3, 0.4) is 0 Å². The van der Waals surface area contributed by atoms with E-state index in [9.17, 15) is 26.4 Å². The molecule has 12 heteroatoms. The highest BCUT2D eigenvalue weighted by molar-refractivity contribution is 7.89. The Hall–Kier alpha value is -2.28. The molecular formula is C18H18BF3N2O5S. The van der Waals surface area contributed by atoms with Gasteiger partial charge in [0.15, 0.2) is 5.78 Å². The van der Waals surface area contributed by atoms with E-state index in [1.165, 1.54) is 0 Å². The van der Waals surface area contributed by atoms with Gasteiger partial charge in [-0.3, -0.25) is 9.78 Å². The minimum absolute atomic E-state index is 0.0310. The van der Waals surface area contributed by atoms with Crippen molar-refractivity contribution in [3.05, 3.63) is 53.9 Å². The molecule has 0 bridgehead atoms. The maximum atomic E-state index is 14.0. The van der Waals surface area contributed by atoms with E-state index >= 15 is 0 Å². The summed E-state index contributed by atoms with van der Waals surface area (Å²) in [6.07, 6.45) is -1.30. The van der Waals surface area contributed by atoms with Crippen LogP contribution in [0.1, 0.15) is 18.5 Å². The average molecular weight is 442 g/mol. The SMILES string of the molecule is O=C(CCc1cc(B(O)O)c(F)cn1)[C@@H]1C[C@@H](F)CN1S(=O)(=O)c1ccc(F)cc1. The Bertz CT molecular complexity index is 1040. The lowest BCUT2D eigenvalue weighted by molar-refractivity contribution is -0.122. The smallest absolute Gasteiger partial charge is 0.423 e. The van der Waals surface area contributed by atoms with Gasteiger partial charge >= 0.3 is 7.12 Å². The minimum atomic E-state index is -4.21. The molecule has 0 spiro atoms. The van der Waals surface area contributed by atoms with Gasteiger partial charge in [-0.2, -0.15) is 4.31 Å². The molecule has 2 atom stereocenters. The van der Waals surface area contributed by atoms with Gasteiger partial charge in [-0.25, -0.2) is 21.6 Å². The van der Waals surface area contributed by atoms with Crippen LogP contribution in [0, 0.1) is 11.6 Å². The van der Waals surface area contributed by atoms with Gasteiger partial charge in [-0.05, 0) is 36.8 Å². The van der Waals surface area contributed by atoms with Crippen molar-refractivity contribution in [2.45, 2.75) is 36.4 Å². The third-order valence-electron chi connectivity index (χ3n) is 4.84. The zero-order valence-electron chi connectivity index (χ0n) is 15.6. The van der Waals surface area contributed by atoms with E-state index < -0.39 is 58.8 Å². The molecule has 0 saturated carbocycles. The number of carbonyl (C=O) groups excluding carboxylic acids is 1. The Kier molecular flexibility index (Phi) is 6.60. The monoisotopic (exact) mass is 442 g/mol. The Balaban J connectivity index is 1.76. The quantitative estimate of drug-likeness (QED) is 0.600. The molecule has 0 amide bonds. The number of benzene rings is 1. The first-order valence-corrected chi connectivity index (χ1v) is 10.5. The number of Topliss-reactive ketones (excluding diaryl/α,β-unsaturated/α-hetero) is 1. The van der Waals surface area contributed by atoms with Gasteiger partial charge in [0, 0.05) is 30.5 Å². The summed E-state index contributed by atoms with van der Waals surface area (Å²) in [5.41, 5.74) is -0.215. The van der Waals surface area contributed by atoms with Crippen LogP contribution in [-0.4, -0.2) is 59.4 Å². The highest BCUT2D eigenvalue weighted by atomic mass is 32.2. The van der Waals surface area contributed by atoms with Gasteiger partial charge in [0.05, 0.1) is 17.1 Å². The highest BCUT2D eigenvalue weighted by Gasteiger charge is 2.43. The second kappa shape index (κ2) is 8.84. The van der Waals surface area contributed by atoms with Crippen LogP contribution in [-0.2, 0) is 21.2 Å². The van der Waals surface area contributed by atoms with Crippen LogP contribution in [0.25, 0.3) is 0 Å². The molecule has 0 unspecified atom stereocenters. The number of ketones is 1.